The molecular weight excluding hydrogens is 138 g/mol. The van der Waals surface area contributed by atoms with E-state index in [0.29, 0.717) is 5.92 Å². The van der Waals surface area contributed by atoms with E-state index in [1.165, 1.54) is 5.69 Å². The van der Waals surface area contributed by atoms with Crippen LogP contribution in [-0.2, 0) is 7.05 Å². The molecule has 60 valence electrons. The Balaban J connectivity index is 2.28. The largest absolute Gasteiger partial charge is 0.315 e. The van der Waals surface area contributed by atoms with Crippen molar-refractivity contribution < 1.29 is 0 Å². The lowest BCUT2D eigenvalue weighted by atomic mass is 9.99. The van der Waals surface area contributed by atoms with Gasteiger partial charge in [0.25, 0.3) is 0 Å². The van der Waals surface area contributed by atoms with Gasteiger partial charge < -0.3 is 5.32 Å². The molecule has 1 aromatic rings. The average molecular weight is 151 g/mol. The molecule has 2 rings (SSSR count). The van der Waals surface area contributed by atoms with Crippen LogP contribution < -0.4 is 5.32 Å². The van der Waals surface area contributed by atoms with Gasteiger partial charge >= 0.3 is 0 Å². The number of hydrogen-bond acceptors (Lipinski definition) is 2. The first-order valence-corrected chi connectivity index (χ1v) is 3.98. The van der Waals surface area contributed by atoms with Crippen LogP contribution in [0.1, 0.15) is 17.3 Å². The van der Waals surface area contributed by atoms with Crippen molar-refractivity contribution in [2.45, 2.75) is 12.8 Å². The molecule has 1 fully saturated rings. The second kappa shape index (κ2) is 2.34. The molecule has 0 spiro atoms. The molecule has 0 radical (unpaired) electrons. The number of rotatable bonds is 1. The molecule has 0 saturated carbocycles. The van der Waals surface area contributed by atoms with Crippen molar-refractivity contribution in [2.24, 2.45) is 7.05 Å². The molecule has 1 saturated heterocycles. The van der Waals surface area contributed by atoms with Crippen LogP contribution >= 0.6 is 0 Å². The first-order chi connectivity index (χ1) is 5.27. The third-order valence-electron chi connectivity index (χ3n) is 2.24. The van der Waals surface area contributed by atoms with Gasteiger partial charge in [-0.1, -0.05) is 0 Å². The van der Waals surface area contributed by atoms with Crippen LogP contribution in [0.3, 0.4) is 0 Å². The molecule has 0 bridgehead atoms. The zero-order chi connectivity index (χ0) is 7.84. The summed E-state index contributed by atoms with van der Waals surface area (Å²) in [7, 11) is 2.01. The van der Waals surface area contributed by atoms with E-state index in [-0.39, 0.29) is 0 Å². The summed E-state index contributed by atoms with van der Waals surface area (Å²) in [5, 5.41) is 7.56. The smallest absolute Gasteiger partial charge is 0.0596 e. The number of hydrogen-bond donors (Lipinski definition) is 1. The Bertz CT molecular complexity index is 260. The van der Waals surface area contributed by atoms with Crippen molar-refractivity contribution in [3.63, 3.8) is 0 Å². The second-order valence-electron chi connectivity index (χ2n) is 3.19. The Morgan fingerprint density at radius 1 is 1.64 bits per heavy atom. The van der Waals surface area contributed by atoms with Crippen molar-refractivity contribution in [3.8, 4) is 0 Å². The quantitative estimate of drug-likeness (QED) is 0.630. The lowest BCUT2D eigenvalue weighted by Crippen LogP contribution is -2.40. The van der Waals surface area contributed by atoms with Crippen LogP contribution in [0.15, 0.2) is 6.07 Å². The Morgan fingerprint density at radius 3 is 2.73 bits per heavy atom. The summed E-state index contributed by atoms with van der Waals surface area (Å²) >= 11 is 0. The van der Waals surface area contributed by atoms with Gasteiger partial charge in [-0.15, -0.1) is 0 Å². The molecular formula is C8H13N3. The highest BCUT2D eigenvalue weighted by Crippen LogP contribution is 2.19. The van der Waals surface area contributed by atoms with Crippen molar-refractivity contribution in [1.82, 2.24) is 15.1 Å². The van der Waals surface area contributed by atoms with E-state index in [1.54, 1.807) is 0 Å². The molecule has 11 heavy (non-hydrogen) atoms. The van der Waals surface area contributed by atoms with Crippen LogP contribution in [0.4, 0.5) is 0 Å². The van der Waals surface area contributed by atoms with E-state index < -0.39 is 0 Å². The highest BCUT2D eigenvalue weighted by atomic mass is 15.3. The van der Waals surface area contributed by atoms with E-state index >= 15 is 0 Å². The van der Waals surface area contributed by atoms with E-state index in [9.17, 15) is 0 Å². The van der Waals surface area contributed by atoms with Crippen molar-refractivity contribution in [1.29, 1.82) is 0 Å². The number of aromatic nitrogens is 2. The lowest BCUT2D eigenvalue weighted by Gasteiger charge is -2.26. The first-order valence-electron chi connectivity index (χ1n) is 3.98. The third kappa shape index (κ3) is 1.05. The maximum atomic E-state index is 4.30. The molecule has 0 unspecified atom stereocenters. The van der Waals surface area contributed by atoms with Crippen LogP contribution in [0, 0.1) is 6.92 Å². The molecule has 0 aliphatic carbocycles. The van der Waals surface area contributed by atoms with Gasteiger partial charge in [0.15, 0.2) is 0 Å². The van der Waals surface area contributed by atoms with Gasteiger partial charge in [-0.3, -0.25) is 4.68 Å². The minimum absolute atomic E-state index is 0.696. The molecule has 1 aromatic heterocycles. The van der Waals surface area contributed by atoms with Gasteiger partial charge in [0, 0.05) is 31.7 Å². The van der Waals surface area contributed by atoms with E-state index in [0.717, 1.165) is 18.8 Å². The first kappa shape index (κ1) is 6.85. The summed E-state index contributed by atoms with van der Waals surface area (Å²) in [6.07, 6.45) is 0. The van der Waals surface area contributed by atoms with Crippen LogP contribution in [0.2, 0.25) is 0 Å². The Morgan fingerprint density at radius 2 is 2.36 bits per heavy atom. The predicted octanol–water partition coefficient (Wildman–Crippen LogP) is 0.415. The summed E-state index contributed by atoms with van der Waals surface area (Å²) < 4.78 is 1.99. The highest BCUT2D eigenvalue weighted by Gasteiger charge is 2.21. The number of nitrogens with one attached hydrogen (secondary N) is 1. The van der Waals surface area contributed by atoms with Crippen molar-refractivity contribution >= 4 is 0 Å². The fourth-order valence-corrected chi connectivity index (χ4v) is 1.51. The maximum absolute atomic E-state index is 4.30. The lowest BCUT2D eigenvalue weighted by molar-refractivity contribution is 0.424. The number of aryl methyl sites for hydroxylation is 2. The summed E-state index contributed by atoms with van der Waals surface area (Å²) in [6, 6.07) is 2.17. The number of nitrogens with zero attached hydrogens (tertiary/aromatic N) is 2. The molecule has 0 aromatic carbocycles. The van der Waals surface area contributed by atoms with Crippen LogP contribution in [0.5, 0.6) is 0 Å². The van der Waals surface area contributed by atoms with E-state index in [2.05, 4.69) is 16.5 Å². The molecule has 2 heterocycles. The standard InChI is InChI=1S/C8H13N3/c1-6-3-8(11(2)10-6)7-4-9-5-7/h3,7,9H,4-5H2,1-2H3. The molecule has 1 aliphatic rings. The maximum Gasteiger partial charge on any atom is 0.0596 e. The predicted molar refractivity (Wildman–Crippen MR) is 43.6 cm³/mol. The minimum Gasteiger partial charge on any atom is -0.315 e. The molecule has 0 amide bonds. The van der Waals surface area contributed by atoms with E-state index in [4.69, 9.17) is 0 Å². The zero-order valence-corrected chi connectivity index (χ0v) is 6.96. The Hall–Kier alpha value is -0.830. The Kier molecular flexibility index (Phi) is 1.46. The normalized spacial score (nSPS) is 18.4. The van der Waals surface area contributed by atoms with Gasteiger partial charge in [-0.2, -0.15) is 5.10 Å². The monoisotopic (exact) mass is 151 g/mol. The van der Waals surface area contributed by atoms with Crippen LogP contribution in [-0.4, -0.2) is 22.9 Å². The fraction of sp³-hybridized carbons (Fsp3) is 0.625. The van der Waals surface area contributed by atoms with Gasteiger partial charge in [-0.05, 0) is 13.0 Å². The Labute approximate surface area is 66.4 Å². The zero-order valence-electron chi connectivity index (χ0n) is 6.96. The molecule has 1 aliphatic heterocycles. The molecule has 1 N–H and O–H groups in total. The van der Waals surface area contributed by atoms with Gasteiger partial charge in [-0.25, -0.2) is 0 Å². The molecule has 0 atom stereocenters. The van der Waals surface area contributed by atoms with Gasteiger partial charge in [0.2, 0.25) is 0 Å². The third-order valence-corrected chi connectivity index (χ3v) is 2.24. The SMILES string of the molecule is Cc1cc(C2CNC2)n(C)n1. The van der Waals surface area contributed by atoms with Crippen LogP contribution in [0.25, 0.3) is 0 Å². The second-order valence-corrected chi connectivity index (χ2v) is 3.19. The van der Waals surface area contributed by atoms with Gasteiger partial charge in [0.05, 0.1) is 5.69 Å². The average Bonchev–Trinajstić information content (AvgIpc) is 2.07. The molecule has 3 heteroatoms. The topological polar surface area (TPSA) is 29.9 Å². The summed E-state index contributed by atoms with van der Waals surface area (Å²) in [4.78, 5) is 0. The van der Waals surface area contributed by atoms with Crippen molar-refractivity contribution in [3.05, 3.63) is 17.5 Å². The summed E-state index contributed by atoms with van der Waals surface area (Å²) in [5.74, 6) is 0.696. The van der Waals surface area contributed by atoms with Gasteiger partial charge in [0.1, 0.15) is 0 Å². The highest BCUT2D eigenvalue weighted by molar-refractivity contribution is 5.17. The van der Waals surface area contributed by atoms with E-state index in [1.807, 2.05) is 18.7 Å². The molecule has 3 nitrogen and oxygen atoms in total. The summed E-state index contributed by atoms with van der Waals surface area (Å²) in [5.41, 5.74) is 2.48. The fourth-order valence-electron chi connectivity index (χ4n) is 1.51. The summed E-state index contributed by atoms with van der Waals surface area (Å²) in [6.45, 7) is 4.26. The van der Waals surface area contributed by atoms with Crippen molar-refractivity contribution in [2.75, 3.05) is 13.1 Å². The minimum atomic E-state index is 0.696.